The van der Waals surface area contributed by atoms with E-state index in [1.165, 1.54) is 6.92 Å². The minimum atomic E-state index is -0.528. The first-order valence-corrected chi connectivity index (χ1v) is 4.71. The second kappa shape index (κ2) is 3.56. The molecule has 0 heterocycles. The summed E-state index contributed by atoms with van der Waals surface area (Å²) < 4.78 is 4.91. The van der Waals surface area contributed by atoms with Crippen molar-refractivity contribution in [1.82, 2.24) is 0 Å². The average Bonchev–Trinajstić information content (AvgIpc) is 2.28. The van der Waals surface area contributed by atoms with Gasteiger partial charge in [0.05, 0.1) is 5.41 Å². The molecule has 1 rings (SSSR count). The number of hydrogen-bond acceptors (Lipinski definition) is 3. The van der Waals surface area contributed by atoms with E-state index in [9.17, 15) is 9.59 Å². The van der Waals surface area contributed by atoms with Crippen LogP contribution in [0.5, 0.6) is 0 Å². The number of carbonyl (C=O) groups excluding carboxylic acids is 2. The lowest BCUT2D eigenvalue weighted by atomic mass is 9.86. The van der Waals surface area contributed by atoms with Crippen molar-refractivity contribution in [3.05, 3.63) is 11.1 Å². The van der Waals surface area contributed by atoms with E-state index in [-0.39, 0.29) is 18.4 Å². The molecule has 0 aromatic carbocycles. The fourth-order valence-corrected chi connectivity index (χ4v) is 1.82. The molecule has 1 unspecified atom stereocenters. The van der Waals surface area contributed by atoms with E-state index in [1.807, 2.05) is 20.8 Å². The number of esters is 1. The van der Waals surface area contributed by atoms with Gasteiger partial charge in [-0.3, -0.25) is 9.59 Å². The summed E-state index contributed by atoms with van der Waals surface area (Å²) in [5.74, 6) is -0.225. The maximum Gasteiger partial charge on any atom is 0.302 e. The molecule has 0 amide bonds. The molecule has 0 N–H and O–H groups in total. The first kappa shape index (κ1) is 11.0. The van der Waals surface area contributed by atoms with Crippen LogP contribution in [0, 0.1) is 5.41 Å². The van der Waals surface area contributed by atoms with Crippen molar-refractivity contribution in [3.8, 4) is 0 Å². The van der Waals surface area contributed by atoms with Crippen LogP contribution < -0.4 is 0 Å². The van der Waals surface area contributed by atoms with Gasteiger partial charge in [-0.2, -0.15) is 0 Å². The maximum atomic E-state index is 11.8. The molecule has 14 heavy (non-hydrogen) atoms. The first-order chi connectivity index (χ1) is 6.37. The molecule has 0 spiro atoms. The van der Waals surface area contributed by atoms with E-state index in [4.69, 9.17) is 4.74 Å². The van der Waals surface area contributed by atoms with Crippen LogP contribution in [0.1, 0.15) is 34.1 Å². The topological polar surface area (TPSA) is 43.4 Å². The van der Waals surface area contributed by atoms with Gasteiger partial charge in [-0.05, 0) is 32.8 Å². The molecule has 78 valence electrons. The molecular weight excluding hydrogens is 180 g/mol. The van der Waals surface area contributed by atoms with Crippen LogP contribution >= 0.6 is 0 Å². The normalized spacial score (nSPS) is 27.0. The number of ketones is 1. The first-order valence-electron chi connectivity index (χ1n) is 4.71. The van der Waals surface area contributed by atoms with Gasteiger partial charge in [-0.1, -0.05) is 5.57 Å². The van der Waals surface area contributed by atoms with Crippen molar-refractivity contribution < 1.29 is 14.3 Å². The van der Waals surface area contributed by atoms with Gasteiger partial charge in [0, 0.05) is 6.92 Å². The van der Waals surface area contributed by atoms with Gasteiger partial charge in [0.2, 0.25) is 0 Å². The highest BCUT2D eigenvalue weighted by molar-refractivity contribution is 6.02. The Kier molecular flexibility index (Phi) is 2.79. The lowest BCUT2D eigenvalue weighted by Gasteiger charge is -2.21. The highest BCUT2D eigenvalue weighted by Gasteiger charge is 2.40. The van der Waals surface area contributed by atoms with Gasteiger partial charge in [0.25, 0.3) is 0 Å². The summed E-state index contributed by atoms with van der Waals surface area (Å²) in [6.07, 6.45) is 0.699. The molecule has 0 aromatic rings. The fraction of sp³-hybridized carbons (Fsp3) is 0.636. The number of ether oxygens (including phenoxy) is 1. The average molecular weight is 196 g/mol. The van der Waals surface area contributed by atoms with Gasteiger partial charge in [-0.25, -0.2) is 0 Å². The number of Topliss-reactive ketones (excluding diaryl/α,β-unsaturated/α-hetero) is 1. The minimum absolute atomic E-state index is 0.108. The predicted octanol–water partition coefficient (Wildman–Crippen LogP) is 1.86. The molecule has 0 radical (unpaired) electrons. The standard InChI is InChI=1S/C11H16O3/c1-7-5-11(4,6-14-9(3)12)10(13)8(7)2/h5-6H2,1-4H3. The Balaban J connectivity index is 2.71. The zero-order valence-electron chi connectivity index (χ0n) is 9.14. The van der Waals surface area contributed by atoms with Gasteiger partial charge in [-0.15, -0.1) is 0 Å². The second-order valence-corrected chi connectivity index (χ2v) is 4.25. The van der Waals surface area contributed by atoms with Crippen molar-refractivity contribution in [2.75, 3.05) is 6.61 Å². The Labute approximate surface area is 84.1 Å². The largest absolute Gasteiger partial charge is 0.465 e. The van der Waals surface area contributed by atoms with Crippen molar-refractivity contribution in [2.24, 2.45) is 5.41 Å². The second-order valence-electron chi connectivity index (χ2n) is 4.25. The monoisotopic (exact) mass is 196 g/mol. The van der Waals surface area contributed by atoms with Crippen LogP contribution in [0.15, 0.2) is 11.1 Å². The lowest BCUT2D eigenvalue weighted by Crippen LogP contribution is -2.30. The zero-order valence-corrected chi connectivity index (χ0v) is 9.14. The van der Waals surface area contributed by atoms with Crippen LogP contribution in [0.3, 0.4) is 0 Å². The summed E-state index contributed by atoms with van der Waals surface area (Å²) in [5, 5.41) is 0. The minimum Gasteiger partial charge on any atom is -0.465 e. The van der Waals surface area contributed by atoms with Gasteiger partial charge < -0.3 is 4.74 Å². The fourth-order valence-electron chi connectivity index (χ4n) is 1.82. The summed E-state index contributed by atoms with van der Waals surface area (Å²) in [6, 6.07) is 0. The summed E-state index contributed by atoms with van der Waals surface area (Å²) >= 11 is 0. The van der Waals surface area contributed by atoms with Crippen LogP contribution in [0.25, 0.3) is 0 Å². The zero-order chi connectivity index (χ0) is 10.9. The molecule has 1 aliphatic carbocycles. The number of carbonyl (C=O) groups is 2. The third kappa shape index (κ3) is 1.86. The Hall–Kier alpha value is -1.12. The van der Waals surface area contributed by atoms with Gasteiger partial charge >= 0.3 is 5.97 Å². The molecular formula is C11H16O3. The molecule has 0 saturated heterocycles. The molecule has 3 heteroatoms. The van der Waals surface area contributed by atoms with Crippen molar-refractivity contribution >= 4 is 11.8 Å². The number of allylic oxidation sites excluding steroid dienone is 2. The van der Waals surface area contributed by atoms with Crippen LogP contribution in [-0.2, 0) is 14.3 Å². The number of rotatable bonds is 2. The van der Waals surface area contributed by atoms with E-state index in [1.54, 1.807) is 0 Å². The molecule has 0 aromatic heterocycles. The lowest BCUT2D eigenvalue weighted by molar-refractivity contribution is -0.146. The van der Waals surface area contributed by atoms with Gasteiger partial charge in [0.1, 0.15) is 6.61 Å². The summed E-state index contributed by atoms with van der Waals surface area (Å²) in [4.78, 5) is 22.5. The molecule has 0 aliphatic heterocycles. The third-order valence-corrected chi connectivity index (χ3v) is 2.78. The Morgan fingerprint density at radius 3 is 2.43 bits per heavy atom. The van der Waals surface area contributed by atoms with E-state index in [0.717, 1.165) is 11.1 Å². The maximum absolute atomic E-state index is 11.8. The van der Waals surface area contributed by atoms with Crippen molar-refractivity contribution in [2.45, 2.75) is 34.1 Å². The molecule has 1 atom stereocenters. The van der Waals surface area contributed by atoms with E-state index in [2.05, 4.69) is 0 Å². The Bertz CT molecular complexity index is 314. The third-order valence-electron chi connectivity index (χ3n) is 2.78. The number of hydrogen-bond donors (Lipinski definition) is 0. The van der Waals surface area contributed by atoms with Gasteiger partial charge in [0.15, 0.2) is 5.78 Å². The van der Waals surface area contributed by atoms with Crippen LogP contribution in [0.2, 0.25) is 0 Å². The summed E-state index contributed by atoms with van der Waals surface area (Å²) in [6.45, 7) is 7.17. The molecule has 1 aliphatic rings. The molecule has 0 saturated carbocycles. The summed E-state index contributed by atoms with van der Waals surface area (Å²) in [5.41, 5.74) is 1.39. The SMILES string of the molecule is CC(=O)OCC1(C)CC(C)=C(C)C1=O. The molecule has 3 nitrogen and oxygen atoms in total. The smallest absolute Gasteiger partial charge is 0.302 e. The Morgan fingerprint density at radius 2 is 2.07 bits per heavy atom. The highest BCUT2D eigenvalue weighted by Crippen LogP contribution is 2.38. The Morgan fingerprint density at radius 1 is 1.50 bits per heavy atom. The van der Waals surface area contributed by atoms with Crippen LogP contribution in [-0.4, -0.2) is 18.4 Å². The molecule has 0 fully saturated rings. The van der Waals surface area contributed by atoms with E-state index >= 15 is 0 Å². The molecule has 0 bridgehead atoms. The van der Waals surface area contributed by atoms with E-state index in [0.29, 0.717) is 6.42 Å². The summed E-state index contributed by atoms with van der Waals surface area (Å²) in [7, 11) is 0. The van der Waals surface area contributed by atoms with Crippen molar-refractivity contribution in [1.29, 1.82) is 0 Å². The quantitative estimate of drug-likeness (QED) is 0.633. The van der Waals surface area contributed by atoms with E-state index < -0.39 is 5.41 Å². The van der Waals surface area contributed by atoms with Crippen LogP contribution in [0.4, 0.5) is 0 Å². The predicted molar refractivity (Wildman–Crippen MR) is 52.7 cm³/mol. The highest BCUT2D eigenvalue weighted by atomic mass is 16.5. The van der Waals surface area contributed by atoms with Crippen molar-refractivity contribution in [3.63, 3.8) is 0 Å².